The van der Waals surface area contributed by atoms with Gasteiger partial charge in [0.25, 0.3) is 0 Å². The number of halogens is 2. The average molecular weight is 334 g/mol. The molecule has 2 aliphatic rings. The van der Waals surface area contributed by atoms with Gasteiger partial charge in [-0.1, -0.05) is 35.3 Å². The molecular weight excluding hydrogens is 317 g/mol. The summed E-state index contributed by atoms with van der Waals surface area (Å²) in [5, 5.41) is 5.20. The molecule has 114 valence electrons. The highest BCUT2D eigenvalue weighted by Gasteiger charge is 2.39. The zero-order chi connectivity index (χ0) is 15.1. The van der Waals surface area contributed by atoms with Gasteiger partial charge in [-0.05, 0) is 48.7 Å². The van der Waals surface area contributed by atoms with Crippen molar-refractivity contribution in [2.45, 2.75) is 25.0 Å². The van der Waals surface area contributed by atoms with Crippen LogP contribution in [0.2, 0.25) is 10.0 Å². The molecule has 0 amide bonds. The molecule has 4 heteroatoms. The molecule has 4 rings (SSSR count). The van der Waals surface area contributed by atoms with Crippen molar-refractivity contribution in [1.82, 2.24) is 0 Å². The van der Waals surface area contributed by atoms with Gasteiger partial charge in [-0.2, -0.15) is 0 Å². The molecule has 0 aliphatic carbocycles. The lowest BCUT2D eigenvalue weighted by atomic mass is 9.77. The molecular formula is C18H17Cl2NO. The second-order valence-corrected chi connectivity index (χ2v) is 6.88. The van der Waals surface area contributed by atoms with Gasteiger partial charge in [-0.15, -0.1) is 0 Å². The van der Waals surface area contributed by atoms with Gasteiger partial charge in [0.05, 0.1) is 12.1 Å². The van der Waals surface area contributed by atoms with E-state index in [1.165, 1.54) is 11.1 Å². The summed E-state index contributed by atoms with van der Waals surface area (Å²) < 4.78 is 6.11. The lowest BCUT2D eigenvalue weighted by Crippen LogP contribution is -2.35. The maximum Gasteiger partial charge on any atom is 0.0896 e. The first-order valence-corrected chi connectivity index (χ1v) is 8.41. The fourth-order valence-electron chi connectivity index (χ4n) is 3.67. The number of hydrogen-bond acceptors (Lipinski definition) is 2. The molecule has 0 radical (unpaired) electrons. The van der Waals surface area contributed by atoms with Crippen molar-refractivity contribution >= 4 is 28.9 Å². The Balaban J connectivity index is 1.79. The number of anilines is 1. The summed E-state index contributed by atoms with van der Waals surface area (Å²) in [4.78, 5) is 0. The first kappa shape index (κ1) is 14.4. The topological polar surface area (TPSA) is 21.3 Å². The zero-order valence-electron chi connectivity index (χ0n) is 12.1. The van der Waals surface area contributed by atoms with Crippen LogP contribution in [0.1, 0.15) is 36.1 Å². The summed E-state index contributed by atoms with van der Waals surface area (Å²) in [7, 11) is 0. The third-order valence-corrected chi connectivity index (χ3v) is 5.11. The first-order chi connectivity index (χ1) is 10.7. The van der Waals surface area contributed by atoms with Crippen molar-refractivity contribution in [3.8, 4) is 0 Å². The lowest BCUT2D eigenvalue weighted by Gasteiger charge is -2.43. The van der Waals surface area contributed by atoms with Gasteiger partial charge < -0.3 is 10.1 Å². The standard InChI is InChI=1S/C18H17Cl2NO/c19-12-4-1-3-11(9-12)17-14-5-2-8-22-18(14)15-10-13(20)6-7-16(15)21-17/h1,3-4,6-7,9-10,14,17-18,21H,2,5,8H2/t14-,17+,18-/m1/s1. The molecule has 3 atom stereocenters. The summed E-state index contributed by atoms with van der Waals surface area (Å²) in [6.07, 6.45) is 2.34. The van der Waals surface area contributed by atoms with Crippen LogP contribution in [0.15, 0.2) is 42.5 Å². The van der Waals surface area contributed by atoms with Crippen molar-refractivity contribution in [2.24, 2.45) is 5.92 Å². The van der Waals surface area contributed by atoms with Gasteiger partial charge >= 0.3 is 0 Å². The third kappa shape index (κ3) is 2.50. The number of rotatable bonds is 1. The SMILES string of the molecule is Clc1cccc([C@@H]2Nc3ccc(Cl)cc3[C@@H]3OCCC[C@H]23)c1. The monoisotopic (exact) mass is 333 g/mol. The van der Waals surface area contributed by atoms with Crippen molar-refractivity contribution < 1.29 is 4.74 Å². The molecule has 22 heavy (non-hydrogen) atoms. The average Bonchev–Trinajstić information content (AvgIpc) is 2.54. The quantitative estimate of drug-likeness (QED) is 0.730. The van der Waals surface area contributed by atoms with Gasteiger partial charge in [0.15, 0.2) is 0 Å². The first-order valence-electron chi connectivity index (χ1n) is 7.65. The molecule has 0 spiro atoms. The number of hydrogen-bond donors (Lipinski definition) is 1. The predicted molar refractivity (Wildman–Crippen MR) is 90.7 cm³/mol. The van der Waals surface area contributed by atoms with E-state index < -0.39 is 0 Å². The molecule has 0 saturated carbocycles. The minimum atomic E-state index is 0.104. The zero-order valence-corrected chi connectivity index (χ0v) is 13.6. The largest absolute Gasteiger partial charge is 0.378 e. The minimum absolute atomic E-state index is 0.104. The molecule has 0 aromatic heterocycles. The fraction of sp³-hybridized carbons (Fsp3) is 0.333. The molecule has 2 aromatic rings. The van der Waals surface area contributed by atoms with E-state index in [-0.39, 0.29) is 12.1 Å². The van der Waals surface area contributed by atoms with E-state index in [9.17, 15) is 0 Å². The van der Waals surface area contributed by atoms with Crippen LogP contribution in [0, 0.1) is 5.92 Å². The lowest BCUT2D eigenvalue weighted by molar-refractivity contribution is -0.0381. The number of ether oxygens (including phenoxy) is 1. The van der Waals surface area contributed by atoms with E-state index in [1.54, 1.807) is 0 Å². The van der Waals surface area contributed by atoms with Crippen LogP contribution in [-0.2, 0) is 4.74 Å². The normalized spacial score (nSPS) is 26.7. The minimum Gasteiger partial charge on any atom is -0.378 e. The summed E-state index contributed by atoms with van der Waals surface area (Å²) in [5.74, 6) is 0.401. The second-order valence-electron chi connectivity index (χ2n) is 6.01. The van der Waals surface area contributed by atoms with Crippen LogP contribution in [-0.4, -0.2) is 6.61 Å². The molecule has 2 nitrogen and oxygen atoms in total. The maximum atomic E-state index is 6.18. The van der Waals surface area contributed by atoms with E-state index in [2.05, 4.69) is 11.4 Å². The number of nitrogens with one attached hydrogen (secondary N) is 1. The molecule has 2 heterocycles. The van der Waals surface area contributed by atoms with Crippen molar-refractivity contribution in [3.63, 3.8) is 0 Å². The Morgan fingerprint density at radius 2 is 1.91 bits per heavy atom. The Labute approximate surface area is 140 Å². The fourth-order valence-corrected chi connectivity index (χ4v) is 4.05. The number of benzene rings is 2. The van der Waals surface area contributed by atoms with Crippen LogP contribution in [0.25, 0.3) is 0 Å². The van der Waals surface area contributed by atoms with E-state index >= 15 is 0 Å². The molecule has 1 fully saturated rings. The Morgan fingerprint density at radius 3 is 2.77 bits per heavy atom. The van der Waals surface area contributed by atoms with Gasteiger partial charge in [0, 0.05) is 33.8 Å². The van der Waals surface area contributed by atoms with Crippen LogP contribution in [0.3, 0.4) is 0 Å². The van der Waals surface area contributed by atoms with E-state index in [1.807, 2.05) is 36.4 Å². The highest BCUT2D eigenvalue weighted by molar-refractivity contribution is 6.31. The third-order valence-electron chi connectivity index (χ3n) is 4.64. The van der Waals surface area contributed by atoms with E-state index in [4.69, 9.17) is 27.9 Å². The summed E-state index contributed by atoms with van der Waals surface area (Å²) in [5.41, 5.74) is 3.50. The Bertz CT molecular complexity index is 703. The molecule has 2 aliphatic heterocycles. The number of fused-ring (bicyclic) bond motifs is 3. The van der Waals surface area contributed by atoms with Crippen LogP contribution in [0.5, 0.6) is 0 Å². The summed E-state index contributed by atoms with van der Waals surface area (Å²) >= 11 is 12.4. The second kappa shape index (κ2) is 5.77. The summed E-state index contributed by atoms with van der Waals surface area (Å²) in [6.45, 7) is 0.815. The summed E-state index contributed by atoms with van der Waals surface area (Å²) in [6, 6.07) is 14.3. The highest BCUT2D eigenvalue weighted by Crippen LogP contribution is 2.49. The van der Waals surface area contributed by atoms with Gasteiger partial charge in [0.2, 0.25) is 0 Å². The van der Waals surface area contributed by atoms with Gasteiger partial charge in [-0.3, -0.25) is 0 Å². The van der Waals surface area contributed by atoms with Crippen molar-refractivity contribution in [1.29, 1.82) is 0 Å². The van der Waals surface area contributed by atoms with Gasteiger partial charge in [-0.25, -0.2) is 0 Å². The van der Waals surface area contributed by atoms with E-state index in [0.717, 1.165) is 35.2 Å². The molecule has 0 unspecified atom stereocenters. The Hall–Kier alpha value is -1.22. The Kier molecular flexibility index (Phi) is 3.77. The maximum absolute atomic E-state index is 6.18. The van der Waals surface area contributed by atoms with Crippen LogP contribution in [0.4, 0.5) is 5.69 Å². The molecule has 0 bridgehead atoms. The highest BCUT2D eigenvalue weighted by atomic mass is 35.5. The molecule has 2 aromatic carbocycles. The van der Waals surface area contributed by atoms with Crippen molar-refractivity contribution in [2.75, 3.05) is 11.9 Å². The van der Waals surface area contributed by atoms with Crippen LogP contribution >= 0.6 is 23.2 Å². The Morgan fingerprint density at radius 1 is 1.05 bits per heavy atom. The predicted octanol–water partition coefficient (Wildman–Crippen LogP) is 5.63. The van der Waals surface area contributed by atoms with Gasteiger partial charge in [0.1, 0.15) is 0 Å². The smallest absolute Gasteiger partial charge is 0.0896 e. The van der Waals surface area contributed by atoms with E-state index in [0.29, 0.717) is 5.92 Å². The van der Waals surface area contributed by atoms with Crippen molar-refractivity contribution in [3.05, 3.63) is 63.6 Å². The molecule has 1 saturated heterocycles. The molecule has 1 N–H and O–H groups in total. The van der Waals surface area contributed by atoms with Crippen LogP contribution < -0.4 is 5.32 Å².